The van der Waals surface area contributed by atoms with E-state index in [-0.39, 0.29) is 24.0 Å². The van der Waals surface area contributed by atoms with Crippen LogP contribution in [0.2, 0.25) is 0 Å². The van der Waals surface area contributed by atoms with Crippen molar-refractivity contribution < 1.29 is 14.5 Å². The predicted octanol–water partition coefficient (Wildman–Crippen LogP) is 2.79. The van der Waals surface area contributed by atoms with E-state index >= 15 is 0 Å². The summed E-state index contributed by atoms with van der Waals surface area (Å²) in [5.74, 6) is -1.79. The Morgan fingerprint density at radius 3 is 2.48 bits per heavy atom. The first-order valence-electron chi connectivity index (χ1n) is 10.7. The zero-order valence-corrected chi connectivity index (χ0v) is 18.2. The lowest BCUT2D eigenvalue weighted by Gasteiger charge is -2.36. The first-order valence-corrected chi connectivity index (χ1v) is 10.7. The molecule has 2 amide bonds. The second-order valence-electron chi connectivity index (χ2n) is 7.99. The quantitative estimate of drug-likeness (QED) is 0.343. The average Bonchev–Trinajstić information content (AvgIpc) is 3.24. The molecule has 0 aliphatic carbocycles. The molecule has 2 heterocycles. The van der Waals surface area contributed by atoms with E-state index in [9.17, 15) is 19.7 Å². The van der Waals surface area contributed by atoms with Crippen LogP contribution in [0.1, 0.15) is 22.9 Å². The molecular formula is C24H25N5O4. The van der Waals surface area contributed by atoms with Crippen molar-refractivity contribution in [3.8, 4) is 0 Å². The smallest absolute Gasteiger partial charge is 0.313 e. The van der Waals surface area contributed by atoms with Crippen molar-refractivity contribution >= 4 is 23.2 Å². The number of nitro benzene ring substituents is 1. The van der Waals surface area contributed by atoms with Gasteiger partial charge in [-0.15, -0.1) is 0 Å². The Bertz CT molecular complexity index is 1190. The van der Waals surface area contributed by atoms with Crippen molar-refractivity contribution in [2.45, 2.75) is 19.0 Å². The highest BCUT2D eigenvalue weighted by Crippen LogP contribution is 2.28. The van der Waals surface area contributed by atoms with Crippen molar-refractivity contribution in [3.05, 3.63) is 93.8 Å². The number of nitro groups is 1. The number of hydrogen-bond donors (Lipinski definition) is 2. The Morgan fingerprint density at radius 2 is 1.76 bits per heavy atom. The fourth-order valence-electron chi connectivity index (χ4n) is 4.21. The van der Waals surface area contributed by atoms with Crippen molar-refractivity contribution in [1.29, 1.82) is 0 Å². The van der Waals surface area contributed by atoms with Gasteiger partial charge in [0.25, 0.3) is 5.69 Å². The highest BCUT2D eigenvalue weighted by Gasteiger charge is 2.28. The fourth-order valence-corrected chi connectivity index (χ4v) is 4.21. The van der Waals surface area contributed by atoms with Gasteiger partial charge in [0.15, 0.2) is 0 Å². The molecule has 3 aromatic rings. The number of anilines is 1. The van der Waals surface area contributed by atoms with Gasteiger partial charge in [-0.2, -0.15) is 0 Å². The van der Waals surface area contributed by atoms with E-state index in [0.717, 1.165) is 25.2 Å². The van der Waals surface area contributed by atoms with E-state index in [1.54, 1.807) is 6.07 Å². The lowest BCUT2D eigenvalue weighted by Crippen LogP contribution is -2.44. The van der Waals surface area contributed by atoms with Crippen LogP contribution in [0.3, 0.4) is 0 Å². The van der Waals surface area contributed by atoms with Gasteiger partial charge in [0.2, 0.25) is 0 Å². The van der Waals surface area contributed by atoms with Crippen LogP contribution in [-0.2, 0) is 29.6 Å². The normalized spacial score (nSPS) is 14.2. The number of aryl methyl sites for hydroxylation is 1. The van der Waals surface area contributed by atoms with Gasteiger partial charge < -0.3 is 15.2 Å². The molecule has 1 aliphatic heterocycles. The number of nitrogens with zero attached hydrogens (tertiary/aromatic N) is 3. The molecule has 0 saturated carbocycles. The molecule has 0 fully saturated rings. The van der Waals surface area contributed by atoms with E-state index in [0.29, 0.717) is 0 Å². The minimum Gasteiger partial charge on any atom is -0.353 e. The van der Waals surface area contributed by atoms with Crippen LogP contribution in [0.5, 0.6) is 0 Å². The molecule has 1 atom stereocenters. The number of rotatable bonds is 6. The summed E-state index contributed by atoms with van der Waals surface area (Å²) in [5.41, 5.74) is 3.31. The predicted molar refractivity (Wildman–Crippen MR) is 123 cm³/mol. The summed E-state index contributed by atoms with van der Waals surface area (Å²) in [6.45, 7) is 1.79. The van der Waals surface area contributed by atoms with Crippen LogP contribution in [0.4, 0.5) is 11.4 Å². The topological polar surface area (TPSA) is 110 Å². The van der Waals surface area contributed by atoms with Crippen molar-refractivity contribution in [2.75, 3.05) is 18.4 Å². The van der Waals surface area contributed by atoms with Crippen LogP contribution in [-0.4, -0.2) is 39.3 Å². The number of carbonyl (C=O) groups excluding carboxylic acids is 2. The van der Waals surface area contributed by atoms with E-state index in [4.69, 9.17) is 0 Å². The van der Waals surface area contributed by atoms with Gasteiger partial charge in [-0.1, -0.05) is 36.4 Å². The Kier molecular flexibility index (Phi) is 6.50. The molecule has 2 N–H and O–H groups in total. The maximum absolute atomic E-state index is 12.6. The van der Waals surface area contributed by atoms with Gasteiger partial charge in [0, 0.05) is 44.6 Å². The summed E-state index contributed by atoms with van der Waals surface area (Å²) in [4.78, 5) is 37.8. The Hall–Kier alpha value is -3.98. The van der Waals surface area contributed by atoms with E-state index in [1.165, 1.54) is 29.3 Å². The molecule has 0 saturated heterocycles. The fraction of sp³-hybridized carbons (Fsp3) is 0.250. The number of nitrogens with one attached hydrogen (secondary N) is 2. The van der Waals surface area contributed by atoms with Gasteiger partial charge in [0.1, 0.15) is 5.69 Å². The number of para-hydroxylation sites is 2. The average molecular weight is 447 g/mol. The molecule has 0 spiro atoms. The van der Waals surface area contributed by atoms with Gasteiger partial charge in [-0.05, 0) is 35.7 Å². The highest BCUT2D eigenvalue weighted by atomic mass is 16.6. The molecular weight excluding hydrogens is 422 g/mol. The van der Waals surface area contributed by atoms with Crippen LogP contribution in [0.15, 0.2) is 66.9 Å². The zero-order chi connectivity index (χ0) is 23.4. The molecule has 2 aromatic carbocycles. The van der Waals surface area contributed by atoms with E-state index < -0.39 is 16.7 Å². The zero-order valence-electron chi connectivity index (χ0n) is 18.2. The number of hydrogen-bond acceptors (Lipinski definition) is 5. The molecule has 0 bridgehead atoms. The van der Waals surface area contributed by atoms with Crippen LogP contribution < -0.4 is 10.6 Å². The monoisotopic (exact) mass is 447 g/mol. The molecule has 9 heteroatoms. The highest BCUT2D eigenvalue weighted by molar-refractivity contribution is 6.39. The van der Waals surface area contributed by atoms with Crippen molar-refractivity contribution in [2.24, 2.45) is 7.05 Å². The maximum Gasteiger partial charge on any atom is 0.313 e. The molecule has 9 nitrogen and oxygen atoms in total. The lowest BCUT2D eigenvalue weighted by atomic mass is 9.98. The summed E-state index contributed by atoms with van der Waals surface area (Å²) < 4.78 is 2.00. The Balaban J connectivity index is 1.46. The lowest BCUT2D eigenvalue weighted by molar-refractivity contribution is -0.383. The third kappa shape index (κ3) is 4.93. The van der Waals surface area contributed by atoms with Crippen LogP contribution >= 0.6 is 0 Å². The van der Waals surface area contributed by atoms with Gasteiger partial charge in [-0.25, -0.2) is 0 Å². The van der Waals surface area contributed by atoms with E-state index in [2.05, 4.69) is 27.7 Å². The summed E-state index contributed by atoms with van der Waals surface area (Å²) in [5, 5.41) is 16.2. The molecule has 0 radical (unpaired) electrons. The standard InChI is InChI=1S/C24H25N5O4/c1-27-13-6-11-21(27)22(28-14-12-17-7-2-3-8-18(17)16-28)15-25-23(30)24(31)26-19-9-4-5-10-20(19)29(32)33/h2-11,13,22H,12,14-16H2,1H3,(H,25,30)(H,26,31). The Morgan fingerprint density at radius 1 is 1.03 bits per heavy atom. The first-order chi connectivity index (χ1) is 15.9. The van der Waals surface area contributed by atoms with Gasteiger partial charge >= 0.3 is 11.8 Å². The summed E-state index contributed by atoms with van der Waals surface area (Å²) in [7, 11) is 1.95. The van der Waals surface area contributed by atoms with Crippen LogP contribution in [0, 0.1) is 10.1 Å². The summed E-state index contributed by atoms with van der Waals surface area (Å²) >= 11 is 0. The minimum absolute atomic E-state index is 0.0192. The third-order valence-corrected chi connectivity index (χ3v) is 5.94. The third-order valence-electron chi connectivity index (χ3n) is 5.94. The largest absolute Gasteiger partial charge is 0.353 e. The summed E-state index contributed by atoms with van der Waals surface area (Å²) in [6, 6.07) is 17.8. The number of fused-ring (bicyclic) bond motifs is 1. The molecule has 1 unspecified atom stereocenters. The second-order valence-corrected chi connectivity index (χ2v) is 7.99. The second kappa shape index (κ2) is 9.66. The number of aromatic nitrogens is 1. The van der Waals surface area contributed by atoms with Gasteiger partial charge in [0.05, 0.1) is 11.0 Å². The van der Waals surface area contributed by atoms with Gasteiger partial charge in [-0.3, -0.25) is 24.6 Å². The maximum atomic E-state index is 12.6. The number of benzene rings is 2. The Labute approximate surface area is 191 Å². The first kappa shape index (κ1) is 22.2. The van der Waals surface area contributed by atoms with Crippen LogP contribution in [0.25, 0.3) is 0 Å². The van der Waals surface area contributed by atoms with Crippen molar-refractivity contribution in [1.82, 2.24) is 14.8 Å². The molecule has 1 aromatic heterocycles. The SMILES string of the molecule is Cn1cccc1C(CNC(=O)C(=O)Nc1ccccc1[N+](=O)[O-])N1CCc2ccccc2C1. The molecule has 1 aliphatic rings. The molecule has 33 heavy (non-hydrogen) atoms. The summed E-state index contributed by atoms with van der Waals surface area (Å²) in [6.07, 6.45) is 2.85. The number of amides is 2. The molecule has 170 valence electrons. The number of carbonyl (C=O) groups is 2. The molecule has 4 rings (SSSR count). The van der Waals surface area contributed by atoms with E-state index in [1.807, 2.05) is 42.1 Å². The van der Waals surface area contributed by atoms with Crippen molar-refractivity contribution in [3.63, 3.8) is 0 Å². The minimum atomic E-state index is -0.945.